The van der Waals surface area contributed by atoms with E-state index in [4.69, 9.17) is 5.73 Å². The van der Waals surface area contributed by atoms with E-state index >= 15 is 0 Å². The van der Waals surface area contributed by atoms with Crippen LogP contribution in [0.5, 0.6) is 0 Å². The molecule has 3 atom stereocenters. The molecule has 0 aliphatic heterocycles. The topological polar surface area (TPSA) is 38.0 Å². The molecule has 0 heterocycles. The minimum Gasteiger partial charge on any atom is -0.330 e. The fourth-order valence-electron chi connectivity index (χ4n) is 3.53. The molecule has 3 rings (SSSR count). The Hall–Kier alpha value is -0.860. The van der Waals surface area contributed by atoms with Gasteiger partial charge in [-0.1, -0.05) is 43.2 Å². The summed E-state index contributed by atoms with van der Waals surface area (Å²) in [7, 11) is 0. The third kappa shape index (κ3) is 3.18. The van der Waals surface area contributed by atoms with Gasteiger partial charge in [0, 0.05) is 12.1 Å². The van der Waals surface area contributed by atoms with Crippen molar-refractivity contribution in [3.63, 3.8) is 0 Å². The predicted octanol–water partition coefficient (Wildman–Crippen LogP) is 3.24. The van der Waals surface area contributed by atoms with Gasteiger partial charge in [-0.15, -0.1) is 0 Å². The molecule has 0 bridgehead atoms. The third-order valence-electron chi connectivity index (χ3n) is 4.86. The van der Waals surface area contributed by atoms with Crippen molar-refractivity contribution in [2.75, 3.05) is 6.54 Å². The van der Waals surface area contributed by atoms with Gasteiger partial charge in [0.15, 0.2) is 0 Å². The molecule has 19 heavy (non-hydrogen) atoms. The first-order valence-corrected chi connectivity index (χ1v) is 7.89. The summed E-state index contributed by atoms with van der Waals surface area (Å²) in [6.45, 7) is 0.837. The Kier molecular flexibility index (Phi) is 4.19. The van der Waals surface area contributed by atoms with E-state index in [9.17, 15) is 0 Å². The second-order valence-electron chi connectivity index (χ2n) is 6.28. The van der Waals surface area contributed by atoms with Crippen molar-refractivity contribution in [1.29, 1.82) is 0 Å². The van der Waals surface area contributed by atoms with Gasteiger partial charge in [0.25, 0.3) is 0 Å². The molecule has 1 aromatic rings. The number of benzene rings is 1. The fourth-order valence-corrected chi connectivity index (χ4v) is 3.53. The molecular weight excluding hydrogens is 232 g/mol. The van der Waals surface area contributed by atoms with Crippen LogP contribution in [-0.2, 0) is 0 Å². The molecule has 2 heteroatoms. The highest BCUT2D eigenvalue weighted by molar-refractivity contribution is 5.21. The Morgan fingerprint density at radius 1 is 1.05 bits per heavy atom. The molecular formula is C17H26N2. The van der Waals surface area contributed by atoms with Crippen LogP contribution in [0.4, 0.5) is 0 Å². The SMILES string of the molecule is NCC1CCCCC1NC(c1ccccc1)C1CC1. The van der Waals surface area contributed by atoms with Gasteiger partial charge in [-0.3, -0.25) is 0 Å². The Morgan fingerprint density at radius 2 is 1.79 bits per heavy atom. The van der Waals surface area contributed by atoms with Gasteiger partial charge >= 0.3 is 0 Å². The van der Waals surface area contributed by atoms with Crippen molar-refractivity contribution < 1.29 is 0 Å². The number of rotatable bonds is 5. The summed E-state index contributed by atoms with van der Waals surface area (Å²) in [5, 5.41) is 3.96. The molecule has 0 aromatic heterocycles. The zero-order valence-corrected chi connectivity index (χ0v) is 11.7. The molecule has 0 saturated heterocycles. The Labute approximate surface area is 116 Å². The van der Waals surface area contributed by atoms with Crippen LogP contribution in [0, 0.1) is 11.8 Å². The lowest BCUT2D eigenvalue weighted by molar-refractivity contribution is 0.240. The molecule has 2 aliphatic rings. The van der Waals surface area contributed by atoms with Crippen LogP contribution < -0.4 is 11.1 Å². The fraction of sp³-hybridized carbons (Fsp3) is 0.647. The maximum atomic E-state index is 5.96. The molecule has 0 spiro atoms. The molecule has 0 amide bonds. The van der Waals surface area contributed by atoms with Crippen LogP contribution in [0.25, 0.3) is 0 Å². The average Bonchev–Trinajstić information content (AvgIpc) is 3.30. The Morgan fingerprint density at radius 3 is 2.47 bits per heavy atom. The second-order valence-corrected chi connectivity index (χ2v) is 6.28. The lowest BCUT2D eigenvalue weighted by Crippen LogP contribution is -2.44. The highest BCUT2D eigenvalue weighted by atomic mass is 15.0. The number of nitrogens with one attached hydrogen (secondary N) is 1. The molecule has 2 nitrogen and oxygen atoms in total. The number of nitrogens with two attached hydrogens (primary N) is 1. The van der Waals surface area contributed by atoms with E-state index in [1.807, 2.05) is 0 Å². The quantitative estimate of drug-likeness (QED) is 0.851. The lowest BCUT2D eigenvalue weighted by atomic mass is 9.83. The molecule has 1 aromatic carbocycles. The van der Waals surface area contributed by atoms with Crippen LogP contribution in [0.2, 0.25) is 0 Å². The summed E-state index contributed by atoms with van der Waals surface area (Å²) in [6.07, 6.45) is 8.09. The molecule has 2 aliphatic carbocycles. The summed E-state index contributed by atoms with van der Waals surface area (Å²) in [5.74, 6) is 1.53. The Balaban J connectivity index is 1.71. The van der Waals surface area contributed by atoms with Gasteiger partial charge < -0.3 is 11.1 Å². The first-order valence-electron chi connectivity index (χ1n) is 7.89. The average molecular weight is 258 g/mol. The van der Waals surface area contributed by atoms with Gasteiger partial charge in [0.1, 0.15) is 0 Å². The van der Waals surface area contributed by atoms with Gasteiger partial charge in [-0.25, -0.2) is 0 Å². The van der Waals surface area contributed by atoms with Crippen molar-refractivity contribution in [2.45, 2.75) is 50.6 Å². The molecule has 104 valence electrons. The van der Waals surface area contributed by atoms with Crippen LogP contribution >= 0.6 is 0 Å². The van der Waals surface area contributed by atoms with Crippen LogP contribution in [0.3, 0.4) is 0 Å². The van der Waals surface area contributed by atoms with Crippen molar-refractivity contribution in [3.05, 3.63) is 35.9 Å². The van der Waals surface area contributed by atoms with Gasteiger partial charge in [0.05, 0.1) is 0 Å². The molecule has 3 unspecified atom stereocenters. The Bertz CT molecular complexity index is 386. The normalized spacial score (nSPS) is 29.1. The van der Waals surface area contributed by atoms with Crippen molar-refractivity contribution in [3.8, 4) is 0 Å². The first kappa shape index (κ1) is 13.1. The van der Waals surface area contributed by atoms with Crippen molar-refractivity contribution in [2.24, 2.45) is 17.6 Å². The number of hydrogen-bond acceptors (Lipinski definition) is 2. The van der Waals surface area contributed by atoms with E-state index in [0.29, 0.717) is 18.0 Å². The van der Waals surface area contributed by atoms with Crippen LogP contribution in [-0.4, -0.2) is 12.6 Å². The maximum absolute atomic E-state index is 5.96. The first-order chi connectivity index (χ1) is 9.38. The summed E-state index contributed by atoms with van der Waals surface area (Å²) in [5.41, 5.74) is 7.42. The van der Waals surface area contributed by atoms with E-state index in [1.165, 1.54) is 44.1 Å². The number of hydrogen-bond donors (Lipinski definition) is 2. The van der Waals surface area contributed by atoms with E-state index in [1.54, 1.807) is 0 Å². The van der Waals surface area contributed by atoms with Gasteiger partial charge in [-0.05, 0) is 49.6 Å². The lowest BCUT2D eigenvalue weighted by Gasteiger charge is -2.35. The van der Waals surface area contributed by atoms with Gasteiger partial charge in [0.2, 0.25) is 0 Å². The molecule has 2 fully saturated rings. The monoisotopic (exact) mass is 258 g/mol. The standard InChI is InChI=1S/C17H26N2/c18-12-15-8-4-5-9-16(15)19-17(14-10-11-14)13-6-2-1-3-7-13/h1-3,6-7,14-17,19H,4-5,8-12,18H2. The van der Waals surface area contributed by atoms with E-state index < -0.39 is 0 Å². The zero-order valence-electron chi connectivity index (χ0n) is 11.7. The van der Waals surface area contributed by atoms with Crippen molar-refractivity contribution >= 4 is 0 Å². The van der Waals surface area contributed by atoms with E-state index in [0.717, 1.165) is 12.5 Å². The van der Waals surface area contributed by atoms with Gasteiger partial charge in [-0.2, -0.15) is 0 Å². The summed E-state index contributed by atoms with van der Waals surface area (Å²) >= 11 is 0. The van der Waals surface area contributed by atoms with Crippen LogP contribution in [0.1, 0.15) is 50.1 Å². The largest absolute Gasteiger partial charge is 0.330 e. The maximum Gasteiger partial charge on any atom is 0.0351 e. The molecule has 2 saturated carbocycles. The smallest absolute Gasteiger partial charge is 0.0351 e. The minimum absolute atomic E-state index is 0.554. The highest BCUT2D eigenvalue weighted by Crippen LogP contribution is 2.42. The van der Waals surface area contributed by atoms with E-state index in [2.05, 4.69) is 35.6 Å². The highest BCUT2D eigenvalue weighted by Gasteiger charge is 2.35. The molecule has 3 N–H and O–H groups in total. The minimum atomic E-state index is 0.554. The van der Waals surface area contributed by atoms with Crippen molar-refractivity contribution in [1.82, 2.24) is 5.32 Å². The van der Waals surface area contributed by atoms with E-state index in [-0.39, 0.29) is 0 Å². The molecule has 0 radical (unpaired) electrons. The van der Waals surface area contributed by atoms with Crippen LogP contribution in [0.15, 0.2) is 30.3 Å². The summed E-state index contributed by atoms with van der Waals surface area (Å²) in [6, 6.07) is 12.2. The summed E-state index contributed by atoms with van der Waals surface area (Å²) < 4.78 is 0. The predicted molar refractivity (Wildman–Crippen MR) is 79.8 cm³/mol. The zero-order chi connectivity index (χ0) is 13.1. The summed E-state index contributed by atoms with van der Waals surface area (Å²) in [4.78, 5) is 0. The second kappa shape index (κ2) is 6.06. The third-order valence-corrected chi connectivity index (χ3v) is 4.86.